The van der Waals surface area contributed by atoms with Crippen molar-refractivity contribution in [3.05, 3.63) is 21.2 Å². The second-order valence-corrected chi connectivity index (χ2v) is 5.62. The van der Waals surface area contributed by atoms with Gasteiger partial charge in [0.05, 0.1) is 4.47 Å². The highest BCUT2D eigenvalue weighted by molar-refractivity contribution is 9.13. The normalized spacial score (nSPS) is 21.8. The molecule has 1 saturated heterocycles. The Bertz CT molecular complexity index is 354. The minimum absolute atomic E-state index is 0.594. The van der Waals surface area contributed by atoms with E-state index in [1.165, 1.54) is 19.3 Å². The third-order valence-corrected chi connectivity index (χ3v) is 4.87. The smallest absolute Gasteiger partial charge is 0.144 e. The molecule has 1 aliphatic rings. The largest absolute Gasteiger partial charge is 0.353 e. The Morgan fingerprint density at radius 3 is 2.93 bits per heavy atom. The Labute approximate surface area is 107 Å². The highest BCUT2D eigenvalue weighted by Gasteiger charge is 2.21. The number of rotatable bonds is 1. The Morgan fingerprint density at radius 2 is 2.20 bits per heavy atom. The predicted octanol–water partition coefficient (Wildman–Crippen LogP) is 3.99. The number of nitrogens with zero attached hydrogens (tertiary/aromatic N) is 2. The lowest BCUT2D eigenvalue weighted by Gasteiger charge is -2.35. The van der Waals surface area contributed by atoms with Gasteiger partial charge in [0.15, 0.2) is 0 Å². The molecule has 1 aromatic heterocycles. The SMILES string of the molecule is CC1CCCCN1c1nccc(Br)c1Br. The van der Waals surface area contributed by atoms with Crippen LogP contribution in [-0.2, 0) is 0 Å². The molecule has 4 heteroatoms. The molecule has 1 aliphatic heterocycles. The van der Waals surface area contributed by atoms with Gasteiger partial charge in [-0.2, -0.15) is 0 Å². The monoisotopic (exact) mass is 332 g/mol. The molecule has 1 aromatic rings. The topological polar surface area (TPSA) is 16.1 Å². The average molecular weight is 334 g/mol. The molecule has 0 N–H and O–H groups in total. The minimum Gasteiger partial charge on any atom is -0.353 e. The fraction of sp³-hybridized carbons (Fsp3) is 0.545. The van der Waals surface area contributed by atoms with Gasteiger partial charge in [-0.05, 0) is 64.1 Å². The van der Waals surface area contributed by atoms with Gasteiger partial charge in [-0.3, -0.25) is 0 Å². The summed E-state index contributed by atoms with van der Waals surface area (Å²) in [7, 11) is 0. The fourth-order valence-electron chi connectivity index (χ4n) is 2.02. The quantitative estimate of drug-likeness (QED) is 0.772. The lowest BCUT2D eigenvalue weighted by atomic mass is 10.0. The number of aromatic nitrogens is 1. The van der Waals surface area contributed by atoms with Gasteiger partial charge in [0.25, 0.3) is 0 Å². The molecule has 2 rings (SSSR count). The summed E-state index contributed by atoms with van der Waals surface area (Å²) in [6.45, 7) is 3.39. The molecule has 82 valence electrons. The van der Waals surface area contributed by atoms with E-state index in [0.29, 0.717) is 6.04 Å². The molecule has 1 fully saturated rings. The third-order valence-electron chi connectivity index (χ3n) is 2.90. The van der Waals surface area contributed by atoms with E-state index in [9.17, 15) is 0 Å². The highest BCUT2D eigenvalue weighted by atomic mass is 79.9. The van der Waals surface area contributed by atoms with Crippen molar-refractivity contribution >= 4 is 37.7 Å². The molecule has 15 heavy (non-hydrogen) atoms. The first-order valence-electron chi connectivity index (χ1n) is 5.27. The van der Waals surface area contributed by atoms with E-state index >= 15 is 0 Å². The van der Waals surface area contributed by atoms with Crippen molar-refractivity contribution in [3.63, 3.8) is 0 Å². The summed E-state index contributed by atoms with van der Waals surface area (Å²) in [6.07, 6.45) is 5.72. The van der Waals surface area contributed by atoms with E-state index in [4.69, 9.17) is 0 Å². The van der Waals surface area contributed by atoms with Crippen LogP contribution in [0.5, 0.6) is 0 Å². The van der Waals surface area contributed by atoms with Crippen LogP contribution in [0.4, 0.5) is 5.82 Å². The maximum Gasteiger partial charge on any atom is 0.144 e. The Kier molecular flexibility index (Phi) is 3.67. The van der Waals surface area contributed by atoms with Crippen LogP contribution in [0.25, 0.3) is 0 Å². The van der Waals surface area contributed by atoms with E-state index in [1.54, 1.807) is 0 Å². The van der Waals surface area contributed by atoms with E-state index in [-0.39, 0.29) is 0 Å². The zero-order chi connectivity index (χ0) is 10.8. The molecule has 0 radical (unpaired) electrons. The van der Waals surface area contributed by atoms with Crippen LogP contribution in [0.2, 0.25) is 0 Å². The van der Waals surface area contributed by atoms with Crippen molar-refractivity contribution < 1.29 is 0 Å². The third kappa shape index (κ3) is 2.36. The van der Waals surface area contributed by atoms with Crippen LogP contribution in [0.1, 0.15) is 26.2 Å². The van der Waals surface area contributed by atoms with Crippen molar-refractivity contribution in [1.82, 2.24) is 4.98 Å². The number of anilines is 1. The van der Waals surface area contributed by atoms with Gasteiger partial charge in [0.2, 0.25) is 0 Å². The van der Waals surface area contributed by atoms with Gasteiger partial charge in [-0.1, -0.05) is 0 Å². The molecular formula is C11H14Br2N2. The molecule has 0 spiro atoms. The lowest BCUT2D eigenvalue weighted by Crippen LogP contribution is -2.38. The van der Waals surface area contributed by atoms with Gasteiger partial charge in [-0.15, -0.1) is 0 Å². The Balaban J connectivity index is 2.31. The zero-order valence-electron chi connectivity index (χ0n) is 8.71. The fourth-order valence-corrected chi connectivity index (χ4v) is 2.78. The maximum atomic E-state index is 4.46. The van der Waals surface area contributed by atoms with Gasteiger partial charge in [0, 0.05) is 23.3 Å². The van der Waals surface area contributed by atoms with E-state index < -0.39 is 0 Å². The molecule has 0 amide bonds. The van der Waals surface area contributed by atoms with Crippen molar-refractivity contribution in [2.24, 2.45) is 0 Å². The summed E-state index contributed by atoms with van der Waals surface area (Å²) in [5, 5.41) is 0. The number of hydrogen-bond acceptors (Lipinski definition) is 2. The second-order valence-electron chi connectivity index (χ2n) is 3.97. The number of halogens is 2. The molecule has 1 atom stereocenters. The zero-order valence-corrected chi connectivity index (χ0v) is 11.9. The van der Waals surface area contributed by atoms with Crippen molar-refractivity contribution in [3.8, 4) is 0 Å². The van der Waals surface area contributed by atoms with Gasteiger partial charge in [0.1, 0.15) is 5.82 Å². The Hall–Kier alpha value is -0.0900. The van der Waals surface area contributed by atoms with Crippen LogP contribution in [-0.4, -0.2) is 17.6 Å². The number of pyridine rings is 1. The highest BCUT2D eigenvalue weighted by Crippen LogP contribution is 2.34. The number of hydrogen-bond donors (Lipinski definition) is 0. The van der Waals surface area contributed by atoms with Crippen LogP contribution < -0.4 is 4.90 Å². The molecule has 0 bridgehead atoms. The van der Waals surface area contributed by atoms with Gasteiger partial charge < -0.3 is 4.90 Å². The molecule has 2 nitrogen and oxygen atoms in total. The maximum absolute atomic E-state index is 4.46. The first-order chi connectivity index (χ1) is 7.20. The van der Waals surface area contributed by atoms with Crippen LogP contribution >= 0.6 is 31.9 Å². The molecule has 0 saturated carbocycles. The number of piperidine rings is 1. The van der Waals surface area contributed by atoms with E-state index in [0.717, 1.165) is 21.3 Å². The van der Waals surface area contributed by atoms with E-state index in [1.807, 2.05) is 12.3 Å². The lowest BCUT2D eigenvalue weighted by molar-refractivity contribution is 0.480. The standard InChI is InChI=1S/C11H14Br2N2/c1-8-4-2-3-7-15(8)11-10(13)9(12)5-6-14-11/h5-6,8H,2-4,7H2,1H3. The van der Waals surface area contributed by atoms with Crippen LogP contribution in [0.3, 0.4) is 0 Å². The Morgan fingerprint density at radius 1 is 1.40 bits per heavy atom. The molecular weight excluding hydrogens is 320 g/mol. The van der Waals surface area contributed by atoms with E-state index in [2.05, 4.69) is 48.7 Å². The summed E-state index contributed by atoms with van der Waals surface area (Å²) in [4.78, 5) is 6.85. The molecule has 2 heterocycles. The molecule has 0 aliphatic carbocycles. The molecule has 0 aromatic carbocycles. The summed E-state index contributed by atoms with van der Waals surface area (Å²) < 4.78 is 2.14. The van der Waals surface area contributed by atoms with Gasteiger partial charge >= 0.3 is 0 Å². The average Bonchev–Trinajstić information content (AvgIpc) is 2.23. The summed E-state index contributed by atoms with van der Waals surface area (Å²) >= 11 is 7.11. The van der Waals surface area contributed by atoms with Crippen molar-refractivity contribution in [1.29, 1.82) is 0 Å². The van der Waals surface area contributed by atoms with Crippen molar-refractivity contribution in [2.75, 3.05) is 11.4 Å². The van der Waals surface area contributed by atoms with Gasteiger partial charge in [-0.25, -0.2) is 4.98 Å². The van der Waals surface area contributed by atoms with Crippen molar-refractivity contribution in [2.45, 2.75) is 32.2 Å². The van der Waals surface area contributed by atoms with Crippen LogP contribution in [0.15, 0.2) is 21.2 Å². The first-order valence-corrected chi connectivity index (χ1v) is 6.85. The minimum atomic E-state index is 0.594. The summed E-state index contributed by atoms with van der Waals surface area (Å²) in [5.41, 5.74) is 0. The molecule has 1 unspecified atom stereocenters. The predicted molar refractivity (Wildman–Crippen MR) is 70.3 cm³/mol. The summed E-state index contributed by atoms with van der Waals surface area (Å²) in [5.74, 6) is 1.07. The van der Waals surface area contributed by atoms with Crippen LogP contribution in [0, 0.1) is 0 Å². The second kappa shape index (κ2) is 4.83. The summed E-state index contributed by atoms with van der Waals surface area (Å²) in [6, 6.07) is 2.55. The first kappa shape index (κ1) is 11.4.